The number of carbonyl (C=O) groups excluding carboxylic acids is 2. The Labute approximate surface area is 234 Å². The van der Waals surface area contributed by atoms with E-state index in [9.17, 15) is 19.5 Å². The van der Waals surface area contributed by atoms with Gasteiger partial charge in [-0.05, 0) is 41.2 Å². The van der Waals surface area contributed by atoms with E-state index in [1.54, 1.807) is 6.92 Å². The Morgan fingerprint density at radius 3 is 2.08 bits per heavy atom. The third-order valence-corrected chi connectivity index (χ3v) is 7.19. The first kappa shape index (κ1) is 28.8. The zero-order chi connectivity index (χ0) is 28.5. The third kappa shape index (κ3) is 7.07. The molecule has 0 heterocycles. The summed E-state index contributed by atoms with van der Waals surface area (Å²) in [5.41, 5.74) is 5.31. The van der Waals surface area contributed by atoms with E-state index in [1.165, 1.54) is 0 Å². The van der Waals surface area contributed by atoms with E-state index in [4.69, 9.17) is 9.47 Å². The van der Waals surface area contributed by atoms with Crippen LogP contribution in [-0.2, 0) is 25.7 Å². The van der Waals surface area contributed by atoms with Gasteiger partial charge in [-0.25, -0.2) is 9.59 Å². The zero-order valence-electron chi connectivity index (χ0n) is 22.8. The van der Waals surface area contributed by atoms with Gasteiger partial charge in [0, 0.05) is 5.92 Å². The van der Waals surface area contributed by atoms with E-state index >= 15 is 0 Å². The Morgan fingerprint density at radius 1 is 0.875 bits per heavy atom. The number of carboxylic acids is 1. The first-order valence-corrected chi connectivity index (χ1v) is 13.7. The zero-order valence-corrected chi connectivity index (χ0v) is 22.8. The van der Waals surface area contributed by atoms with Crippen LogP contribution in [0.1, 0.15) is 55.7 Å². The summed E-state index contributed by atoms with van der Waals surface area (Å²) in [6, 6.07) is 23.2. The van der Waals surface area contributed by atoms with Crippen LogP contribution in [0, 0.1) is 0 Å². The van der Waals surface area contributed by atoms with Crippen molar-refractivity contribution < 1.29 is 29.0 Å². The molecule has 1 aliphatic rings. The molecular formula is C32H36N2O6. The minimum atomic E-state index is -1.29. The lowest BCUT2D eigenvalue weighted by molar-refractivity contribution is -0.146. The second-order valence-corrected chi connectivity index (χ2v) is 9.99. The highest BCUT2D eigenvalue weighted by molar-refractivity contribution is 5.89. The lowest BCUT2D eigenvalue weighted by atomic mass is 9.98. The highest BCUT2D eigenvalue weighted by Crippen LogP contribution is 2.44. The van der Waals surface area contributed by atoms with E-state index in [2.05, 4.69) is 22.8 Å². The van der Waals surface area contributed by atoms with Crippen molar-refractivity contribution in [2.45, 2.75) is 63.8 Å². The SMILES string of the molecule is CCCC[C@H](NC(=O)OCC1c2ccccc2-c2ccccc21)C(=O)N[C@@H](C(=O)O)[C@H](C)OCc1ccccc1. The maximum atomic E-state index is 13.2. The summed E-state index contributed by atoms with van der Waals surface area (Å²) in [7, 11) is 0. The molecule has 4 rings (SSSR count). The van der Waals surface area contributed by atoms with Gasteiger partial charge in [0.15, 0.2) is 6.04 Å². The van der Waals surface area contributed by atoms with Gasteiger partial charge in [0.1, 0.15) is 12.6 Å². The summed E-state index contributed by atoms with van der Waals surface area (Å²) in [4.78, 5) is 38.0. The lowest BCUT2D eigenvalue weighted by Crippen LogP contribution is -2.55. The van der Waals surface area contributed by atoms with Gasteiger partial charge in [-0.2, -0.15) is 0 Å². The Bertz CT molecular complexity index is 1270. The van der Waals surface area contributed by atoms with Gasteiger partial charge >= 0.3 is 12.1 Å². The maximum absolute atomic E-state index is 13.2. The van der Waals surface area contributed by atoms with Gasteiger partial charge in [-0.1, -0.05) is 98.6 Å². The molecule has 210 valence electrons. The molecule has 40 heavy (non-hydrogen) atoms. The second kappa shape index (κ2) is 13.8. The largest absolute Gasteiger partial charge is 0.480 e. The van der Waals surface area contributed by atoms with Crippen LogP contribution < -0.4 is 10.6 Å². The summed E-state index contributed by atoms with van der Waals surface area (Å²) in [5, 5.41) is 15.0. The van der Waals surface area contributed by atoms with Crippen molar-refractivity contribution in [1.29, 1.82) is 0 Å². The van der Waals surface area contributed by atoms with Gasteiger partial charge in [-0.15, -0.1) is 0 Å². The van der Waals surface area contributed by atoms with Gasteiger partial charge in [0.2, 0.25) is 5.91 Å². The summed E-state index contributed by atoms with van der Waals surface area (Å²) in [5.74, 6) is -1.92. The van der Waals surface area contributed by atoms with Crippen LogP contribution in [0.2, 0.25) is 0 Å². The molecule has 0 aliphatic heterocycles. The van der Waals surface area contributed by atoms with Crippen molar-refractivity contribution in [3.63, 3.8) is 0 Å². The minimum Gasteiger partial charge on any atom is -0.480 e. The number of rotatable bonds is 13. The normalized spacial score (nSPS) is 14.3. The summed E-state index contributed by atoms with van der Waals surface area (Å²) in [6.45, 7) is 3.90. The maximum Gasteiger partial charge on any atom is 0.407 e. The molecule has 0 unspecified atom stereocenters. The summed E-state index contributed by atoms with van der Waals surface area (Å²) >= 11 is 0. The van der Waals surface area contributed by atoms with Crippen LogP contribution in [-0.4, -0.2) is 47.9 Å². The van der Waals surface area contributed by atoms with E-state index in [0.29, 0.717) is 12.8 Å². The first-order valence-electron chi connectivity index (χ1n) is 13.7. The molecule has 8 nitrogen and oxygen atoms in total. The van der Waals surface area contributed by atoms with Crippen LogP contribution in [0.3, 0.4) is 0 Å². The van der Waals surface area contributed by atoms with Crippen molar-refractivity contribution >= 4 is 18.0 Å². The highest BCUT2D eigenvalue weighted by atomic mass is 16.5. The monoisotopic (exact) mass is 544 g/mol. The van der Waals surface area contributed by atoms with Crippen molar-refractivity contribution in [2.24, 2.45) is 0 Å². The fraction of sp³-hybridized carbons (Fsp3) is 0.344. The molecule has 0 fully saturated rings. The van der Waals surface area contributed by atoms with Gasteiger partial charge in [-0.3, -0.25) is 4.79 Å². The molecule has 3 aromatic rings. The number of alkyl carbamates (subject to hydrolysis) is 1. The standard InChI is InChI=1S/C32H36N2O6/c1-3-4-18-28(30(35)34-29(31(36)37)21(2)39-19-22-12-6-5-7-13-22)33-32(38)40-20-27-25-16-10-8-14-23(25)24-15-9-11-17-26(24)27/h5-17,21,27-29H,3-4,18-20H2,1-2H3,(H,33,38)(H,34,35)(H,36,37)/t21-,28-,29+/m0/s1. The smallest absolute Gasteiger partial charge is 0.407 e. The number of nitrogens with one attached hydrogen (secondary N) is 2. The number of benzene rings is 3. The minimum absolute atomic E-state index is 0.111. The molecule has 2 amide bonds. The molecule has 3 N–H and O–H groups in total. The molecule has 0 saturated carbocycles. The van der Waals surface area contributed by atoms with Gasteiger partial charge in [0.25, 0.3) is 0 Å². The fourth-order valence-electron chi connectivity index (χ4n) is 4.99. The van der Waals surface area contributed by atoms with E-state index in [0.717, 1.165) is 34.2 Å². The second-order valence-electron chi connectivity index (χ2n) is 9.99. The van der Waals surface area contributed by atoms with Crippen LogP contribution in [0.25, 0.3) is 11.1 Å². The number of hydrogen-bond donors (Lipinski definition) is 3. The molecule has 0 spiro atoms. The van der Waals surface area contributed by atoms with E-state index in [-0.39, 0.29) is 19.1 Å². The molecule has 0 bridgehead atoms. The van der Waals surface area contributed by atoms with Crippen LogP contribution in [0.4, 0.5) is 4.79 Å². The Hall–Kier alpha value is -4.17. The van der Waals surface area contributed by atoms with E-state index < -0.39 is 36.2 Å². The molecule has 1 aliphatic carbocycles. The van der Waals surface area contributed by atoms with E-state index in [1.807, 2.05) is 73.7 Å². The number of carbonyl (C=O) groups is 3. The van der Waals surface area contributed by atoms with Crippen molar-refractivity contribution in [1.82, 2.24) is 10.6 Å². The average molecular weight is 545 g/mol. The molecule has 0 radical (unpaired) electrons. The summed E-state index contributed by atoms with van der Waals surface area (Å²) < 4.78 is 11.4. The topological polar surface area (TPSA) is 114 Å². The number of amides is 2. The molecule has 0 saturated heterocycles. The Kier molecular flexibility index (Phi) is 9.91. The van der Waals surface area contributed by atoms with Crippen LogP contribution in [0.15, 0.2) is 78.9 Å². The molecule has 8 heteroatoms. The number of carboxylic acid groups (broad SMARTS) is 1. The predicted molar refractivity (Wildman–Crippen MR) is 152 cm³/mol. The molecule has 3 aromatic carbocycles. The number of hydrogen-bond acceptors (Lipinski definition) is 5. The van der Waals surface area contributed by atoms with Crippen LogP contribution >= 0.6 is 0 Å². The Balaban J connectivity index is 1.37. The van der Waals surface area contributed by atoms with Crippen LogP contribution in [0.5, 0.6) is 0 Å². The number of aliphatic carboxylic acids is 1. The average Bonchev–Trinajstić information content (AvgIpc) is 3.29. The number of fused-ring (bicyclic) bond motifs is 3. The van der Waals surface area contributed by atoms with Crippen molar-refractivity contribution in [3.05, 3.63) is 95.6 Å². The molecule has 3 atom stereocenters. The highest BCUT2D eigenvalue weighted by Gasteiger charge is 2.32. The molecule has 0 aromatic heterocycles. The third-order valence-electron chi connectivity index (χ3n) is 7.19. The predicted octanol–water partition coefficient (Wildman–Crippen LogP) is 5.26. The Morgan fingerprint density at radius 2 is 1.48 bits per heavy atom. The van der Waals surface area contributed by atoms with Crippen molar-refractivity contribution in [2.75, 3.05) is 6.61 Å². The number of ether oxygens (including phenoxy) is 2. The first-order chi connectivity index (χ1) is 19.4. The number of unbranched alkanes of at least 4 members (excludes halogenated alkanes) is 1. The molecular weight excluding hydrogens is 508 g/mol. The van der Waals surface area contributed by atoms with Gasteiger partial charge < -0.3 is 25.2 Å². The lowest BCUT2D eigenvalue weighted by Gasteiger charge is -2.25. The fourth-order valence-corrected chi connectivity index (χ4v) is 4.99. The van der Waals surface area contributed by atoms with Gasteiger partial charge in [0.05, 0.1) is 12.7 Å². The quantitative estimate of drug-likeness (QED) is 0.271. The van der Waals surface area contributed by atoms with Crippen molar-refractivity contribution in [3.8, 4) is 11.1 Å². The summed E-state index contributed by atoms with van der Waals surface area (Å²) in [6.07, 6.45) is 0.286.